The van der Waals surface area contributed by atoms with Crippen molar-refractivity contribution < 1.29 is 27.5 Å². The molecule has 1 aliphatic rings. The summed E-state index contributed by atoms with van der Waals surface area (Å²) < 4.78 is 53.3. The average Bonchev–Trinajstić information content (AvgIpc) is 2.92. The molecule has 0 aliphatic heterocycles. The Morgan fingerprint density at radius 3 is 1.88 bits per heavy atom. The van der Waals surface area contributed by atoms with Gasteiger partial charge in [-0.15, -0.1) is 9.42 Å². The monoisotopic (exact) mass is 627 g/mol. The van der Waals surface area contributed by atoms with Crippen LogP contribution in [0.2, 0.25) is 0 Å². The minimum atomic E-state index is -2.49. The lowest BCUT2D eigenvalue weighted by Crippen LogP contribution is -2.57. The Morgan fingerprint density at radius 2 is 1.35 bits per heavy atom. The molecule has 43 heavy (non-hydrogen) atoms. The van der Waals surface area contributed by atoms with Crippen LogP contribution in [0, 0.1) is 28.4 Å². The van der Waals surface area contributed by atoms with Crippen molar-refractivity contribution in [2.24, 2.45) is 16.7 Å². The summed E-state index contributed by atoms with van der Waals surface area (Å²) in [6, 6.07) is 3.49. The molecule has 0 heterocycles. The van der Waals surface area contributed by atoms with Crippen LogP contribution in [0.4, 0.5) is 8.78 Å². The van der Waals surface area contributed by atoms with Crippen LogP contribution < -0.4 is 4.74 Å². The van der Waals surface area contributed by atoms with Crippen molar-refractivity contribution in [1.82, 2.24) is 0 Å². The van der Waals surface area contributed by atoms with Gasteiger partial charge in [-0.3, -0.25) is 0 Å². The highest BCUT2D eigenvalue weighted by Gasteiger charge is 2.53. The zero-order valence-electron chi connectivity index (χ0n) is 28.4. The zero-order valence-corrected chi connectivity index (χ0v) is 29.3. The van der Waals surface area contributed by atoms with Gasteiger partial charge in [-0.1, -0.05) is 119 Å². The quantitative estimate of drug-likeness (QED) is 0.122. The van der Waals surface area contributed by atoms with Gasteiger partial charge >= 0.3 is 8.25 Å². The molecule has 1 aromatic rings. The second-order valence-electron chi connectivity index (χ2n) is 15.1. The molecule has 0 spiro atoms. The van der Waals surface area contributed by atoms with Crippen LogP contribution in [-0.2, 0) is 9.09 Å². The Morgan fingerprint density at radius 1 is 0.791 bits per heavy atom. The molecule has 0 saturated heterocycles. The van der Waals surface area contributed by atoms with Gasteiger partial charge in [0.1, 0.15) is 12.2 Å². The van der Waals surface area contributed by atoms with E-state index in [-0.39, 0.29) is 22.5 Å². The number of halogens is 2. The number of ether oxygens (including phenoxy) is 1. The van der Waals surface area contributed by atoms with E-state index in [0.29, 0.717) is 12.2 Å². The van der Waals surface area contributed by atoms with Crippen LogP contribution in [-0.4, -0.2) is 17.1 Å². The van der Waals surface area contributed by atoms with E-state index in [2.05, 4.69) is 48.5 Å². The van der Waals surface area contributed by atoms with Gasteiger partial charge in [-0.25, -0.2) is 4.39 Å². The molecule has 1 unspecified atom stereocenters. The molecular weight excluding hydrogens is 565 g/mol. The first-order valence-corrected chi connectivity index (χ1v) is 18.3. The summed E-state index contributed by atoms with van der Waals surface area (Å²) in [6.45, 7) is 15.5. The van der Waals surface area contributed by atoms with Crippen molar-refractivity contribution in [2.75, 3.05) is 6.61 Å². The topological polar surface area (TPSA) is 55.8 Å². The van der Waals surface area contributed by atoms with Gasteiger partial charge in [-0.05, 0) is 68.4 Å². The Hall–Kier alpha value is -1.10. The Balaban J connectivity index is 2.01. The molecule has 7 heteroatoms. The zero-order chi connectivity index (χ0) is 32.1. The van der Waals surface area contributed by atoms with E-state index in [1.54, 1.807) is 12.1 Å². The normalized spacial score (nSPS) is 18.6. The Bertz CT molecular complexity index is 947. The van der Waals surface area contributed by atoms with Crippen LogP contribution in [0.3, 0.4) is 0 Å². The smallest absolute Gasteiger partial charge is 0.483 e. The second-order valence-corrected chi connectivity index (χ2v) is 15.8. The predicted molar refractivity (Wildman–Crippen MR) is 175 cm³/mol. The summed E-state index contributed by atoms with van der Waals surface area (Å²) in [6.07, 6.45) is 18.2. The van der Waals surface area contributed by atoms with Crippen molar-refractivity contribution in [3.05, 3.63) is 29.3 Å². The summed E-state index contributed by atoms with van der Waals surface area (Å²) in [5, 5.41) is 0. The fourth-order valence-electron chi connectivity index (χ4n) is 7.49. The highest BCUT2D eigenvalue weighted by molar-refractivity contribution is 7.32. The molecule has 1 fully saturated rings. The van der Waals surface area contributed by atoms with Crippen LogP contribution in [0.25, 0.3) is 0 Å². The molecule has 2 rings (SSSR count). The third kappa shape index (κ3) is 11.6. The summed E-state index contributed by atoms with van der Waals surface area (Å²) in [5.41, 5.74) is -0.766. The lowest BCUT2D eigenvalue weighted by molar-refractivity contribution is -0.123. The van der Waals surface area contributed by atoms with Crippen molar-refractivity contribution in [2.45, 2.75) is 169 Å². The van der Waals surface area contributed by atoms with Gasteiger partial charge in [0.25, 0.3) is 0 Å². The first-order valence-electron chi connectivity index (χ1n) is 17.2. The van der Waals surface area contributed by atoms with Crippen molar-refractivity contribution >= 4 is 8.25 Å². The summed E-state index contributed by atoms with van der Waals surface area (Å²) in [7, 11) is -2.49. The molecule has 0 bridgehead atoms. The van der Waals surface area contributed by atoms with Crippen LogP contribution in [0.5, 0.6) is 5.75 Å². The third-order valence-corrected chi connectivity index (χ3v) is 10.3. The molecular formula is C36H62F2O4P+. The van der Waals surface area contributed by atoms with Crippen LogP contribution in [0.15, 0.2) is 12.1 Å². The number of benzene rings is 1. The number of hydrogen-bond acceptors (Lipinski definition) is 3. The highest BCUT2D eigenvalue weighted by atomic mass is 31.1. The highest BCUT2D eigenvalue weighted by Crippen LogP contribution is 2.51. The van der Waals surface area contributed by atoms with Gasteiger partial charge in [-0.2, -0.15) is 4.39 Å². The van der Waals surface area contributed by atoms with Crippen molar-refractivity contribution in [3.8, 4) is 5.75 Å². The number of unbranched alkanes of at least 4 members (excludes halogenated alkanes) is 9. The first kappa shape index (κ1) is 38.1. The van der Waals surface area contributed by atoms with Crippen molar-refractivity contribution in [3.63, 3.8) is 0 Å². The Labute approximate surface area is 263 Å². The van der Waals surface area contributed by atoms with E-state index in [4.69, 9.17) is 14.2 Å². The van der Waals surface area contributed by atoms with Gasteiger partial charge in [0.2, 0.25) is 5.82 Å². The third-order valence-electron chi connectivity index (χ3n) is 9.91. The predicted octanol–water partition coefficient (Wildman–Crippen LogP) is 12.2. The molecule has 1 saturated carbocycles. The fraction of sp³-hybridized carbons (Fsp3) is 0.833. The largest absolute Gasteiger partial charge is 0.694 e. The van der Waals surface area contributed by atoms with Crippen LogP contribution >= 0.6 is 8.25 Å². The molecule has 4 nitrogen and oxygen atoms in total. The van der Waals surface area contributed by atoms with Crippen LogP contribution in [0.1, 0.15) is 169 Å². The summed E-state index contributed by atoms with van der Waals surface area (Å²) >= 11 is 0. The number of rotatable bonds is 19. The molecule has 1 aliphatic carbocycles. The SMILES string of the molecule is CCCCCC1CCC(c2ccc(OC(CCCCCCCCCCO[P+](=O)O)(C(C)(C)C)C(C)(C)C)c(F)c2F)CC1. The fourth-order valence-corrected chi connectivity index (χ4v) is 7.77. The van der Waals surface area contributed by atoms with Gasteiger partial charge in [0, 0.05) is 15.4 Å². The average molecular weight is 628 g/mol. The molecule has 1 atom stereocenters. The van der Waals surface area contributed by atoms with E-state index < -0.39 is 25.5 Å². The minimum Gasteiger partial charge on any atom is -0.483 e. The van der Waals surface area contributed by atoms with Gasteiger partial charge < -0.3 is 4.74 Å². The maximum Gasteiger partial charge on any atom is 0.694 e. The standard InChI is InChI=1S/C36H61F2O4P/c1-8-9-16-19-28-20-22-29(23-21-28)30-24-25-31(33(38)32(30)37)42-36(34(2,3)4,35(5,6)7)26-17-14-12-10-11-13-15-18-27-41-43(39)40/h24-25,28-29H,8-23,26-27H2,1-7H3/p+1. The van der Waals surface area contributed by atoms with E-state index in [1.165, 1.54) is 25.7 Å². The summed E-state index contributed by atoms with van der Waals surface area (Å²) in [4.78, 5) is 8.68. The van der Waals surface area contributed by atoms with Gasteiger partial charge in [0.15, 0.2) is 11.6 Å². The second kappa shape index (κ2) is 18.1. The minimum absolute atomic E-state index is 0.0362. The summed E-state index contributed by atoms with van der Waals surface area (Å²) in [5.74, 6) is -0.712. The van der Waals surface area contributed by atoms with E-state index in [1.807, 2.05) is 0 Å². The molecule has 1 aromatic carbocycles. The van der Waals surface area contributed by atoms with E-state index >= 15 is 8.78 Å². The first-order chi connectivity index (χ1) is 20.2. The molecule has 248 valence electrons. The molecule has 1 N–H and O–H groups in total. The number of hydrogen-bond donors (Lipinski definition) is 1. The Kier molecular flexibility index (Phi) is 16.1. The maximum atomic E-state index is 15.7. The van der Waals surface area contributed by atoms with E-state index in [0.717, 1.165) is 89.4 Å². The molecule has 0 aromatic heterocycles. The van der Waals surface area contributed by atoms with E-state index in [9.17, 15) is 4.57 Å². The molecule has 0 amide bonds. The van der Waals surface area contributed by atoms with Crippen molar-refractivity contribution in [1.29, 1.82) is 0 Å². The molecule has 0 radical (unpaired) electrons. The van der Waals surface area contributed by atoms with Gasteiger partial charge in [0.05, 0.1) is 0 Å². The maximum absolute atomic E-state index is 15.7. The lowest BCUT2D eigenvalue weighted by atomic mass is 9.60. The lowest BCUT2D eigenvalue weighted by Gasteiger charge is -2.53.